The molecular weight excluding hydrogens is 340 g/mol. The van der Waals surface area contributed by atoms with E-state index in [1.54, 1.807) is 55.5 Å². The van der Waals surface area contributed by atoms with Crippen molar-refractivity contribution in [2.75, 3.05) is 10.6 Å². The summed E-state index contributed by atoms with van der Waals surface area (Å²) in [4.78, 5) is 20.9. The maximum absolute atomic E-state index is 12.5. The Kier molecular flexibility index (Phi) is 5.06. The number of anilines is 3. The second kappa shape index (κ2) is 7.77. The lowest BCUT2D eigenvalue weighted by Gasteiger charge is -2.10. The summed E-state index contributed by atoms with van der Waals surface area (Å²) >= 11 is 0. The number of aryl methyl sites for hydroxylation is 1. The number of hydrogen-bond donors (Lipinski definition) is 2. The van der Waals surface area contributed by atoms with E-state index in [4.69, 9.17) is 5.26 Å². The minimum Gasteiger partial charge on any atom is -0.339 e. The van der Waals surface area contributed by atoms with Gasteiger partial charge >= 0.3 is 0 Å². The standard InChI is InChI=1S/C20H14N6O/c1-13-23-18(20(27)25-16-8-6-14(11-21)7-9-16)10-19(24-13)26-17-5-3-2-4-15(17)12-22/h2-10H,1H3,(H,25,27)(H,23,24,26). The second-order valence-corrected chi connectivity index (χ2v) is 5.61. The van der Waals surface area contributed by atoms with Crippen molar-refractivity contribution in [1.29, 1.82) is 10.5 Å². The molecule has 1 amide bonds. The Labute approximate surface area is 155 Å². The molecule has 1 aromatic heterocycles. The quantitative estimate of drug-likeness (QED) is 0.741. The topological polar surface area (TPSA) is 114 Å². The van der Waals surface area contributed by atoms with Crippen molar-refractivity contribution in [2.24, 2.45) is 0 Å². The molecule has 0 atom stereocenters. The minimum absolute atomic E-state index is 0.184. The molecule has 0 fully saturated rings. The van der Waals surface area contributed by atoms with Crippen molar-refractivity contribution >= 4 is 23.1 Å². The molecular formula is C20H14N6O. The molecule has 0 aliphatic rings. The van der Waals surface area contributed by atoms with Gasteiger partial charge in [0.25, 0.3) is 5.91 Å². The van der Waals surface area contributed by atoms with Crippen LogP contribution in [-0.2, 0) is 0 Å². The van der Waals surface area contributed by atoms with Gasteiger partial charge in [-0.1, -0.05) is 12.1 Å². The third-order valence-corrected chi connectivity index (χ3v) is 3.65. The highest BCUT2D eigenvalue weighted by atomic mass is 16.1. The Hall–Kier alpha value is -4.23. The fraction of sp³-hybridized carbons (Fsp3) is 0.0500. The molecule has 27 heavy (non-hydrogen) atoms. The van der Waals surface area contributed by atoms with E-state index in [9.17, 15) is 10.1 Å². The molecule has 0 spiro atoms. The van der Waals surface area contributed by atoms with Crippen molar-refractivity contribution in [3.63, 3.8) is 0 Å². The summed E-state index contributed by atoms with van der Waals surface area (Å²) in [5.74, 6) is 0.427. The lowest BCUT2D eigenvalue weighted by Crippen LogP contribution is -2.15. The van der Waals surface area contributed by atoms with Crippen LogP contribution in [0.15, 0.2) is 54.6 Å². The molecule has 3 rings (SSSR count). The average Bonchev–Trinajstić information content (AvgIpc) is 2.68. The number of carbonyl (C=O) groups is 1. The van der Waals surface area contributed by atoms with Crippen LogP contribution in [0.3, 0.4) is 0 Å². The summed E-state index contributed by atoms with van der Waals surface area (Å²) in [6.07, 6.45) is 0. The summed E-state index contributed by atoms with van der Waals surface area (Å²) in [6, 6.07) is 19.2. The van der Waals surface area contributed by atoms with Crippen LogP contribution in [0.1, 0.15) is 27.4 Å². The molecule has 3 aromatic rings. The van der Waals surface area contributed by atoms with Gasteiger partial charge in [0.2, 0.25) is 0 Å². The number of nitrogens with zero attached hydrogens (tertiary/aromatic N) is 4. The lowest BCUT2D eigenvalue weighted by atomic mass is 10.2. The third-order valence-electron chi connectivity index (χ3n) is 3.65. The van der Waals surface area contributed by atoms with E-state index < -0.39 is 5.91 Å². The van der Waals surface area contributed by atoms with E-state index in [1.165, 1.54) is 6.07 Å². The predicted molar refractivity (Wildman–Crippen MR) is 100 cm³/mol. The zero-order valence-corrected chi connectivity index (χ0v) is 14.4. The van der Waals surface area contributed by atoms with Gasteiger partial charge in [-0.2, -0.15) is 10.5 Å². The Balaban J connectivity index is 1.83. The van der Waals surface area contributed by atoms with E-state index in [1.807, 2.05) is 6.07 Å². The van der Waals surface area contributed by atoms with Crippen LogP contribution in [-0.4, -0.2) is 15.9 Å². The summed E-state index contributed by atoms with van der Waals surface area (Å²) in [5.41, 5.74) is 2.31. The summed E-state index contributed by atoms with van der Waals surface area (Å²) < 4.78 is 0. The van der Waals surface area contributed by atoms with Gasteiger partial charge in [0.15, 0.2) is 0 Å². The molecule has 2 N–H and O–H groups in total. The van der Waals surface area contributed by atoms with Crippen molar-refractivity contribution in [3.05, 3.63) is 77.2 Å². The molecule has 7 heteroatoms. The fourth-order valence-electron chi connectivity index (χ4n) is 2.40. The number of aromatic nitrogens is 2. The van der Waals surface area contributed by atoms with Gasteiger partial charge in [-0.3, -0.25) is 4.79 Å². The number of benzene rings is 2. The van der Waals surface area contributed by atoms with Gasteiger partial charge in [-0.05, 0) is 43.3 Å². The van der Waals surface area contributed by atoms with Crippen LogP contribution in [0.25, 0.3) is 0 Å². The number of nitrogens with one attached hydrogen (secondary N) is 2. The minimum atomic E-state index is -0.401. The van der Waals surface area contributed by atoms with Crippen LogP contribution in [0.5, 0.6) is 0 Å². The molecule has 0 unspecified atom stereocenters. The highest BCUT2D eigenvalue weighted by Crippen LogP contribution is 2.20. The first-order valence-electron chi connectivity index (χ1n) is 8.02. The zero-order valence-electron chi connectivity index (χ0n) is 14.4. The van der Waals surface area contributed by atoms with Gasteiger partial charge in [0, 0.05) is 11.8 Å². The van der Waals surface area contributed by atoms with Crippen molar-refractivity contribution in [2.45, 2.75) is 6.92 Å². The van der Waals surface area contributed by atoms with Crippen LogP contribution in [0.4, 0.5) is 17.2 Å². The normalized spacial score (nSPS) is 9.74. The highest BCUT2D eigenvalue weighted by Gasteiger charge is 2.12. The first-order chi connectivity index (χ1) is 13.1. The number of hydrogen-bond acceptors (Lipinski definition) is 6. The zero-order chi connectivity index (χ0) is 19.2. The Morgan fingerprint density at radius 1 is 1.00 bits per heavy atom. The van der Waals surface area contributed by atoms with E-state index >= 15 is 0 Å². The fourth-order valence-corrected chi connectivity index (χ4v) is 2.40. The molecule has 0 aliphatic carbocycles. The number of rotatable bonds is 4. The molecule has 0 radical (unpaired) electrons. The smallest absolute Gasteiger partial charge is 0.274 e. The van der Waals surface area contributed by atoms with Crippen LogP contribution in [0, 0.1) is 29.6 Å². The van der Waals surface area contributed by atoms with Crippen molar-refractivity contribution in [3.8, 4) is 12.1 Å². The number of amides is 1. The van der Waals surface area contributed by atoms with Gasteiger partial charge in [0.05, 0.1) is 22.9 Å². The Morgan fingerprint density at radius 3 is 2.44 bits per heavy atom. The summed E-state index contributed by atoms with van der Waals surface area (Å²) in [7, 11) is 0. The van der Waals surface area contributed by atoms with Gasteiger partial charge in [0.1, 0.15) is 23.4 Å². The van der Waals surface area contributed by atoms with Crippen molar-refractivity contribution < 1.29 is 4.79 Å². The molecule has 1 heterocycles. The molecule has 0 aliphatic heterocycles. The number of carbonyl (C=O) groups excluding carboxylic acids is 1. The van der Waals surface area contributed by atoms with Crippen LogP contribution < -0.4 is 10.6 Å². The molecule has 130 valence electrons. The molecule has 7 nitrogen and oxygen atoms in total. The molecule has 2 aromatic carbocycles. The number of nitriles is 2. The van der Waals surface area contributed by atoms with Crippen LogP contribution in [0.2, 0.25) is 0 Å². The first-order valence-corrected chi connectivity index (χ1v) is 8.02. The van der Waals surface area contributed by atoms with E-state index in [0.717, 1.165) is 0 Å². The van der Waals surface area contributed by atoms with E-state index in [0.29, 0.717) is 34.1 Å². The second-order valence-electron chi connectivity index (χ2n) is 5.61. The SMILES string of the molecule is Cc1nc(Nc2ccccc2C#N)cc(C(=O)Nc2ccc(C#N)cc2)n1. The lowest BCUT2D eigenvalue weighted by molar-refractivity contribution is 0.102. The average molecular weight is 354 g/mol. The predicted octanol–water partition coefficient (Wildman–Crippen LogP) is 3.52. The van der Waals surface area contributed by atoms with Gasteiger partial charge in [-0.25, -0.2) is 9.97 Å². The van der Waals surface area contributed by atoms with Crippen molar-refractivity contribution in [1.82, 2.24) is 9.97 Å². The van der Waals surface area contributed by atoms with E-state index in [-0.39, 0.29) is 5.69 Å². The first kappa shape index (κ1) is 17.6. The Bertz CT molecular complexity index is 1080. The third kappa shape index (κ3) is 4.25. The van der Waals surface area contributed by atoms with Gasteiger partial charge in [-0.15, -0.1) is 0 Å². The largest absolute Gasteiger partial charge is 0.339 e. The molecule has 0 saturated heterocycles. The summed E-state index contributed by atoms with van der Waals surface area (Å²) in [5, 5.41) is 23.8. The monoisotopic (exact) mass is 354 g/mol. The summed E-state index contributed by atoms with van der Waals surface area (Å²) in [6.45, 7) is 1.68. The maximum Gasteiger partial charge on any atom is 0.274 e. The highest BCUT2D eigenvalue weighted by molar-refractivity contribution is 6.03. The van der Waals surface area contributed by atoms with Gasteiger partial charge < -0.3 is 10.6 Å². The Morgan fingerprint density at radius 2 is 1.74 bits per heavy atom. The molecule has 0 bridgehead atoms. The maximum atomic E-state index is 12.5. The molecule has 0 saturated carbocycles. The number of para-hydroxylation sites is 1. The van der Waals surface area contributed by atoms with Crippen LogP contribution >= 0.6 is 0 Å². The van der Waals surface area contributed by atoms with E-state index in [2.05, 4.69) is 26.7 Å².